The molecule has 1 atom stereocenters. The molecular weight excluding hydrogens is 287 g/mol. The molecule has 0 unspecified atom stereocenters. The van der Waals surface area contributed by atoms with Gasteiger partial charge >= 0.3 is 6.18 Å². The average Bonchev–Trinajstić information content (AvgIpc) is 2.69. The number of fused-ring (bicyclic) bond motifs is 1. The van der Waals surface area contributed by atoms with Crippen molar-refractivity contribution in [2.75, 3.05) is 0 Å². The van der Waals surface area contributed by atoms with Crippen LogP contribution in [0.2, 0.25) is 0 Å². The van der Waals surface area contributed by atoms with Crippen LogP contribution in [0, 0.1) is 0 Å². The Morgan fingerprint density at radius 3 is 2.35 bits per heavy atom. The first-order valence-corrected chi connectivity index (χ1v) is 7.40. The van der Waals surface area contributed by atoms with Crippen molar-refractivity contribution >= 4 is 16.7 Å². The summed E-state index contributed by atoms with van der Waals surface area (Å²) in [6.45, 7) is 5.36. The highest BCUT2D eigenvalue weighted by Crippen LogP contribution is 2.33. The third-order valence-electron chi connectivity index (χ3n) is 3.10. The van der Waals surface area contributed by atoms with Gasteiger partial charge in [0, 0.05) is 5.56 Å². The van der Waals surface area contributed by atoms with E-state index in [2.05, 4.69) is 4.40 Å². The van der Waals surface area contributed by atoms with Crippen LogP contribution in [0.1, 0.15) is 43.9 Å². The summed E-state index contributed by atoms with van der Waals surface area (Å²) in [5.41, 5.74) is 1.15. The van der Waals surface area contributed by atoms with Gasteiger partial charge in [0.2, 0.25) is 0 Å². The summed E-state index contributed by atoms with van der Waals surface area (Å²) in [7, 11) is -1.46. The zero-order valence-electron chi connectivity index (χ0n) is 11.5. The molecule has 2 nitrogen and oxygen atoms in total. The Kier molecular flexibility index (Phi) is 3.79. The van der Waals surface area contributed by atoms with E-state index in [0.717, 1.165) is 17.7 Å². The number of alkyl halides is 3. The molecule has 0 fully saturated rings. The van der Waals surface area contributed by atoms with Crippen LogP contribution in [0.4, 0.5) is 13.2 Å². The second-order valence-corrected chi connectivity index (χ2v) is 7.67. The molecule has 110 valence electrons. The summed E-state index contributed by atoms with van der Waals surface area (Å²) in [6, 6.07) is 3.68. The summed E-state index contributed by atoms with van der Waals surface area (Å²) < 4.78 is 53.8. The van der Waals surface area contributed by atoms with E-state index in [0.29, 0.717) is 24.1 Å². The van der Waals surface area contributed by atoms with Crippen LogP contribution >= 0.6 is 0 Å². The molecule has 6 heteroatoms. The van der Waals surface area contributed by atoms with E-state index >= 15 is 0 Å². The average molecular weight is 303 g/mol. The van der Waals surface area contributed by atoms with Gasteiger partial charge in [-0.1, -0.05) is 6.07 Å². The molecule has 0 radical (unpaired) electrons. The quantitative estimate of drug-likeness (QED) is 0.773. The van der Waals surface area contributed by atoms with Crippen LogP contribution in [-0.4, -0.2) is 14.7 Å². The van der Waals surface area contributed by atoms with Crippen molar-refractivity contribution in [1.29, 1.82) is 0 Å². The molecule has 0 heterocycles. The molecule has 1 aromatic rings. The normalized spacial score (nSPS) is 19.2. The van der Waals surface area contributed by atoms with Crippen LogP contribution in [0.25, 0.3) is 0 Å². The minimum absolute atomic E-state index is 0.484. The predicted molar refractivity (Wildman–Crippen MR) is 74.2 cm³/mol. The van der Waals surface area contributed by atoms with Gasteiger partial charge in [0.25, 0.3) is 0 Å². The van der Waals surface area contributed by atoms with Gasteiger partial charge < -0.3 is 0 Å². The van der Waals surface area contributed by atoms with Gasteiger partial charge in [-0.3, -0.25) is 0 Å². The Morgan fingerprint density at radius 2 is 1.80 bits per heavy atom. The fourth-order valence-electron chi connectivity index (χ4n) is 1.96. The smallest absolute Gasteiger partial charge is 0.234 e. The van der Waals surface area contributed by atoms with E-state index < -0.39 is 27.5 Å². The summed E-state index contributed by atoms with van der Waals surface area (Å²) in [6.07, 6.45) is -3.18. The molecule has 0 saturated carbocycles. The molecule has 0 bridgehead atoms. The Labute approximate surface area is 118 Å². The summed E-state index contributed by atoms with van der Waals surface area (Å²) in [4.78, 5) is 0. The summed E-state index contributed by atoms with van der Waals surface area (Å²) in [5, 5.41) is 0. The van der Waals surface area contributed by atoms with Crippen LogP contribution < -0.4 is 0 Å². The number of benzene rings is 1. The van der Waals surface area contributed by atoms with Crippen molar-refractivity contribution in [3.05, 3.63) is 34.9 Å². The van der Waals surface area contributed by atoms with Gasteiger partial charge in [0.05, 0.1) is 16.0 Å². The lowest BCUT2D eigenvalue weighted by molar-refractivity contribution is -0.137. The third kappa shape index (κ3) is 3.11. The Balaban J connectivity index is 2.42. The molecule has 0 spiro atoms. The number of hydrogen-bond acceptors (Lipinski definition) is 1. The molecule has 0 saturated heterocycles. The summed E-state index contributed by atoms with van der Waals surface area (Å²) >= 11 is 0. The lowest BCUT2D eigenvalue weighted by Gasteiger charge is -2.14. The topological polar surface area (TPSA) is 29.4 Å². The van der Waals surface area contributed by atoms with E-state index in [-0.39, 0.29) is 0 Å². The standard InChI is InChI=1S/C14H16F3NOS/c1-13(2,3)20(19)18-12-7-5-9-4-6-10(8-11(9)12)14(15,16)17/h4,6,8H,5,7H2,1-3H3/t20-/m1/s1. The molecule has 0 N–H and O–H groups in total. The fraction of sp³-hybridized carbons (Fsp3) is 0.500. The van der Waals surface area contributed by atoms with Gasteiger partial charge in [-0.05, 0) is 51.3 Å². The third-order valence-corrected chi connectivity index (χ3v) is 4.53. The minimum atomic E-state index is -4.37. The highest BCUT2D eigenvalue weighted by Gasteiger charge is 2.32. The van der Waals surface area contributed by atoms with Gasteiger partial charge in [0.1, 0.15) is 11.0 Å². The maximum absolute atomic E-state index is 12.7. The van der Waals surface area contributed by atoms with Gasteiger partial charge in [-0.15, -0.1) is 0 Å². The van der Waals surface area contributed by atoms with Crippen molar-refractivity contribution in [3.8, 4) is 0 Å². The Bertz CT molecular complexity index is 585. The zero-order chi connectivity index (χ0) is 15.1. The summed E-state index contributed by atoms with van der Waals surface area (Å²) in [5.74, 6) is 0. The van der Waals surface area contributed by atoms with E-state index in [1.807, 2.05) is 0 Å². The first-order valence-electron chi connectivity index (χ1n) is 6.29. The number of nitrogens with zero attached hydrogens (tertiary/aromatic N) is 1. The second kappa shape index (κ2) is 4.98. The largest absolute Gasteiger partial charge is 0.416 e. The SMILES string of the molecule is CC(C)(C)[S@@](=O)N=C1CCc2ccc(C(F)(F)F)cc21. The first kappa shape index (κ1) is 15.2. The molecule has 2 rings (SSSR count). The van der Waals surface area contributed by atoms with Crippen LogP contribution in [0.15, 0.2) is 22.6 Å². The molecule has 1 aliphatic rings. The molecular formula is C14H16F3NOS. The van der Waals surface area contributed by atoms with Gasteiger partial charge in [-0.25, -0.2) is 4.21 Å². The lowest BCUT2D eigenvalue weighted by Crippen LogP contribution is -2.20. The monoisotopic (exact) mass is 303 g/mol. The van der Waals surface area contributed by atoms with Crippen molar-refractivity contribution in [3.63, 3.8) is 0 Å². The zero-order valence-corrected chi connectivity index (χ0v) is 12.4. The Morgan fingerprint density at radius 1 is 1.15 bits per heavy atom. The first-order chi connectivity index (χ1) is 9.09. The van der Waals surface area contributed by atoms with Crippen molar-refractivity contribution in [1.82, 2.24) is 0 Å². The predicted octanol–water partition coefficient (Wildman–Crippen LogP) is 3.90. The molecule has 20 heavy (non-hydrogen) atoms. The highest BCUT2D eigenvalue weighted by atomic mass is 32.2. The van der Waals surface area contributed by atoms with Crippen molar-refractivity contribution in [2.45, 2.75) is 44.5 Å². The molecule has 0 aromatic heterocycles. The van der Waals surface area contributed by atoms with Crippen molar-refractivity contribution < 1.29 is 17.4 Å². The molecule has 1 aromatic carbocycles. The van der Waals surface area contributed by atoms with Gasteiger partial charge in [0.15, 0.2) is 0 Å². The maximum atomic E-state index is 12.7. The number of aryl methyl sites for hydroxylation is 1. The fourth-order valence-corrected chi connectivity index (χ4v) is 2.62. The van der Waals surface area contributed by atoms with Gasteiger partial charge in [-0.2, -0.15) is 17.6 Å². The van der Waals surface area contributed by atoms with E-state index in [9.17, 15) is 17.4 Å². The molecule has 0 amide bonds. The van der Waals surface area contributed by atoms with E-state index in [1.165, 1.54) is 6.07 Å². The lowest BCUT2D eigenvalue weighted by atomic mass is 10.1. The van der Waals surface area contributed by atoms with E-state index in [4.69, 9.17) is 0 Å². The van der Waals surface area contributed by atoms with Crippen LogP contribution in [0.5, 0.6) is 0 Å². The number of halogens is 3. The molecule has 1 aliphatic carbocycles. The maximum Gasteiger partial charge on any atom is 0.416 e. The number of rotatable bonds is 1. The minimum Gasteiger partial charge on any atom is -0.234 e. The Hall–Kier alpha value is -1.17. The second-order valence-electron chi connectivity index (χ2n) is 5.77. The van der Waals surface area contributed by atoms with Crippen LogP contribution in [-0.2, 0) is 23.6 Å². The van der Waals surface area contributed by atoms with E-state index in [1.54, 1.807) is 20.8 Å². The molecule has 0 aliphatic heterocycles. The number of hydrogen-bond donors (Lipinski definition) is 0. The van der Waals surface area contributed by atoms with Crippen LogP contribution in [0.3, 0.4) is 0 Å². The highest BCUT2D eigenvalue weighted by molar-refractivity contribution is 7.85. The van der Waals surface area contributed by atoms with Crippen molar-refractivity contribution in [2.24, 2.45) is 4.40 Å².